The summed E-state index contributed by atoms with van der Waals surface area (Å²) in [6.45, 7) is 2.21. The lowest BCUT2D eigenvalue weighted by molar-refractivity contribution is 1.08. The van der Waals surface area contributed by atoms with Crippen molar-refractivity contribution in [3.05, 3.63) is 22.7 Å². The first kappa shape index (κ1) is 11.9. The fraction of sp³-hybridized carbons (Fsp3) is 0.455. The molecule has 78 valence electrons. The largest absolute Gasteiger partial charge is 0.377 e. The van der Waals surface area contributed by atoms with Gasteiger partial charge in [-0.2, -0.15) is 0 Å². The average Bonchev–Trinajstić information content (AvgIpc) is 2.15. The summed E-state index contributed by atoms with van der Waals surface area (Å²) in [5, 5.41) is 0. The van der Waals surface area contributed by atoms with Gasteiger partial charge in [-0.15, -0.1) is 11.8 Å². The second-order valence-corrected chi connectivity index (χ2v) is 5.41. The lowest BCUT2D eigenvalue weighted by Crippen LogP contribution is -2.09. The molecule has 1 rings (SSSR count). The van der Waals surface area contributed by atoms with Gasteiger partial charge in [0.2, 0.25) is 0 Å². The van der Waals surface area contributed by atoms with E-state index in [2.05, 4.69) is 60.0 Å². The molecule has 0 aliphatic heterocycles. The third kappa shape index (κ3) is 3.21. The summed E-state index contributed by atoms with van der Waals surface area (Å²) in [6, 6.07) is 6.45. The van der Waals surface area contributed by atoms with Crippen LogP contribution < -0.4 is 4.90 Å². The molecule has 0 saturated carbocycles. The maximum atomic E-state index is 3.50. The SMILES string of the molecule is CCCSc1ccc(Br)cc1N(C)C. The Morgan fingerprint density at radius 2 is 2.07 bits per heavy atom. The molecular weight excluding hydrogens is 258 g/mol. The number of halogens is 1. The van der Waals surface area contributed by atoms with Gasteiger partial charge < -0.3 is 4.90 Å². The quantitative estimate of drug-likeness (QED) is 0.763. The van der Waals surface area contributed by atoms with Crippen molar-refractivity contribution in [2.75, 3.05) is 24.7 Å². The van der Waals surface area contributed by atoms with Crippen molar-refractivity contribution >= 4 is 33.4 Å². The number of rotatable bonds is 4. The monoisotopic (exact) mass is 273 g/mol. The highest BCUT2D eigenvalue weighted by molar-refractivity contribution is 9.10. The molecule has 0 N–H and O–H groups in total. The first-order valence-electron chi connectivity index (χ1n) is 4.74. The molecule has 1 aromatic carbocycles. The van der Waals surface area contributed by atoms with Crippen LogP contribution in [0.25, 0.3) is 0 Å². The molecule has 0 aromatic heterocycles. The molecule has 0 saturated heterocycles. The normalized spacial score (nSPS) is 10.3. The molecule has 0 spiro atoms. The van der Waals surface area contributed by atoms with E-state index >= 15 is 0 Å². The highest BCUT2D eigenvalue weighted by Crippen LogP contribution is 2.31. The summed E-state index contributed by atoms with van der Waals surface area (Å²) in [7, 11) is 4.16. The lowest BCUT2D eigenvalue weighted by atomic mass is 10.3. The second kappa shape index (κ2) is 5.66. The standard InChI is InChI=1S/C11H16BrNS/c1-4-7-14-11-6-5-9(12)8-10(11)13(2)3/h5-6,8H,4,7H2,1-3H3. The van der Waals surface area contributed by atoms with Crippen molar-refractivity contribution in [1.29, 1.82) is 0 Å². The van der Waals surface area contributed by atoms with Crippen LogP contribution >= 0.6 is 27.7 Å². The van der Waals surface area contributed by atoms with E-state index in [0.29, 0.717) is 0 Å². The molecule has 0 aliphatic carbocycles. The van der Waals surface area contributed by atoms with Crippen LogP contribution in [-0.4, -0.2) is 19.8 Å². The van der Waals surface area contributed by atoms with Crippen LogP contribution in [0.3, 0.4) is 0 Å². The summed E-state index contributed by atoms with van der Waals surface area (Å²) in [6.07, 6.45) is 1.22. The number of anilines is 1. The highest BCUT2D eigenvalue weighted by Gasteiger charge is 2.04. The smallest absolute Gasteiger partial charge is 0.0510 e. The van der Waals surface area contributed by atoms with Crippen LogP contribution in [0.4, 0.5) is 5.69 Å². The molecule has 14 heavy (non-hydrogen) atoms. The van der Waals surface area contributed by atoms with E-state index in [1.165, 1.54) is 22.8 Å². The Balaban J connectivity index is 2.90. The molecule has 0 unspecified atom stereocenters. The van der Waals surface area contributed by atoms with Crippen LogP contribution in [0.1, 0.15) is 13.3 Å². The molecule has 0 radical (unpaired) electrons. The van der Waals surface area contributed by atoms with Gasteiger partial charge in [-0.3, -0.25) is 0 Å². The van der Waals surface area contributed by atoms with Gasteiger partial charge in [0.15, 0.2) is 0 Å². The molecule has 0 heterocycles. The second-order valence-electron chi connectivity index (χ2n) is 3.35. The molecule has 0 atom stereocenters. The zero-order valence-corrected chi connectivity index (χ0v) is 11.3. The Morgan fingerprint density at radius 1 is 1.36 bits per heavy atom. The first-order chi connectivity index (χ1) is 6.65. The van der Waals surface area contributed by atoms with E-state index in [-0.39, 0.29) is 0 Å². The van der Waals surface area contributed by atoms with E-state index in [1.807, 2.05) is 11.8 Å². The van der Waals surface area contributed by atoms with Gasteiger partial charge in [0.25, 0.3) is 0 Å². The Kier molecular flexibility index (Phi) is 4.82. The van der Waals surface area contributed by atoms with Crippen LogP contribution in [0.15, 0.2) is 27.6 Å². The van der Waals surface area contributed by atoms with Crippen molar-refractivity contribution in [2.45, 2.75) is 18.2 Å². The van der Waals surface area contributed by atoms with Gasteiger partial charge in [-0.25, -0.2) is 0 Å². The van der Waals surface area contributed by atoms with E-state index in [9.17, 15) is 0 Å². The fourth-order valence-electron chi connectivity index (χ4n) is 1.17. The number of nitrogens with zero attached hydrogens (tertiary/aromatic N) is 1. The summed E-state index contributed by atoms with van der Waals surface area (Å²) >= 11 is 5.42. The maximum absolute atomic E-state index is 3.50. The molecule has 0 aliphatic rings. The fourth-order valence-corrected chi connectivity index (χ4v) is 2.50. The van der Waals surface area contributed by atoms with Gasteiger partial charge in [0.05, 0.1) is 5.69 Å². The van der Waals surface area contributed by atoms with E-state index in [0.717, 1.165) is 4.47 Å². The Labute approximate surface area is 99.0 Å². The average molecular weight is 274 g/mol. The number of thioether (sulfide) groups is 1. The Hall–Kier alpha value is -0.150. The lowest BCUT2D eigenvalue weighted by Gasteiger charge is -2.17. The van der Waals surface area contributed by atoms with Crippen LogP contribution in [-0.2, 0) is 0 Å². The molecule has 1 aromatic rings. The van der Waals surface area contributed by atoms with E-state index < -0.39 is 0 Å². The van der Waals surface area contributed by atoms with Gasteiger partial charge in [-0.1, -0.05) is 22.9 Å². The molecule has 0 fully saturated rings. The van der Waals surface area contributed by atoms with Crippen molar-refractivity contribution < 1.29 is 0 Å². The van der Waals surface area contributed by atoms with Gasteiger partial charge in [0.1, 0.15) is 0 Å². The highest BCUT2D eigenvalue weighted by atomic mass is 79.9. The minimum Gasteiger partial charge on any atom is -0.377 e. The minimum absolute atomic E-state index is 1.14. The van der Waals surface area contributed by atoms with Crippen LogP contribution in [0, 0.1) is 0 Å². The summed E-state index contributed by atoms with van der Waals surface area (Å²) in [4.78, 5) is 3.52. The molecule has 1 nitrogen and oxygen atoms in total. The predicted molar refractivity (Wildman–Crippen MR) is 69.5 cm³/mol. The molecule has 3 heteroatoms. The minimum atomic E-state index is 1.14. The number of hydrogen-bond acceptors (Lipinski definition) is 2. The molecule has 0 bridgehead atoms. The zero-order chi connectivity index (χ0) is 10.6. The van der Waals surface area contributed by atoms with Crippen molar-refractivity contribution in [3.63, 3.8) is 0 Å². The van der Waals surface area contributed by atoms with Gasteiger partial charge >= 0.3 is 0 Å². The van der Waals surface area contributed by atoms with E-state index in [4.69, 9.17) is 0 Å². The zero-order valence-electron chi connectivity index (χ0n) is 8.88. The maximum Gasteiger partial charge on any atom is 0.0510 e. The van der Waals surface area contributed by atoms with Crippen LogP contribution in [0.2, 0.25) is 0 Å². The van der Waals surface area contributed by atoms with Crippen molar-refractivity contribution in [2.24, 2.45) is 0 Å². The Bertz CT molecular complexity index is 299. The van der Waals surface area contributed by atoms with Crippen molar-refractivity contribution in [3.8, 4) is 0 Å². The topological polar surface area (TPSA) is 3.24 Å². The molecular formula is C11H16BrNS. The molecule has 0 amide bonds. The third-order valence-electron chi connectivity index (χ3n) is 1.86. The predicted octanol–water partition coefficient (Wildman–Crippen LogP) is 4.02. The first-order valence-corrected chi connectivity index (χ1v) is 6.52. The number of benzene rings is 1. The summed E-state index contributed by atoms with van der Waals surface area (Å²) < 4.78 is 1.14. The number of hydrogen-bond donors (Lipinski definition) is 0. The van der Waals surface area contributed by atoms with Crippen LogP contribution in [0.5, 0.6) is 0 Å². The van der Waals surface area contributed by atoms with E-state index in [1.54, 1.807) is 0 Å². The van der Waals surface area contributed by atoms with Gasteiger partial charge in [0, 0.05) is 23.5 Å². The van der Waals surface area contributed by atoms with Crippen molar-refractivity contribution in [1.82, 2.24) is 0 Å². The van der Waals surface area contributed by atoms with Gasteiger partial charge in [-0.05, 0) is 30.4 Å². The summed E-state index contributed by atoms with van der Waals surface area (Å²) in [5.41, 5.74) is 1.29. The Morgan fingerprint density at radius 3 is 2.64 bits per heavy atom. The summed E-state index contributed by atoms with van der Waals surface area (Å²) in [5.74, 6) is 1.18. The third-order valence-corrected chi connectivity index (χ3v) is 3.63.